The molecule has 0 nitrogen and oxygen atoms in total. The Labute approximate surface area is 155 Å². The van der Waals surface area contributed by atoms with Gasteiger partial charge in [-0.3, -0.25) is 0 Å². The summed E-state index contributed by atoms with van der Waals surface area (Å²) >= 11 is 3.69. The molecule has 0 spiro atoms. The van der Waals surface area contributed by atoms with Crippen molar-refractivity contribution in [3.63, 3.8) is 0 Å². The number of rotatable bonds is 4. The third kappa shape index (κ3) is 4.75. The first-order chi connectivity index (χ1) is 11.7. The highest BCUT2D eigenvalue weighted by Crippen LogP contribution is 2.31. The Hall–Kier alpha value is -1.51. The summed E-state index contributed by atoms with van der Waals surface area (Å²) in [6, 6.07) is 20.1. The molecule has 0 aliphatic heterocycles. The molecule has 0 aliphatic rings. The Kier molecular flexibility index (Phi) is 7.14. The van der Waals surface area contributed by atoms with E-state index in [0.29, 0.717) is 0 Å². The highest BCUT2D eigenvalue weighted by Gasteiger charge is 2.06. The first kappa shape index (κ1) is 18.8. The average Bonchev–Trinajstić information content (AvgIpc) is 3.08. The largest absolute Gasteiger partial charge is 0.140 e. The van der Waals surface area contributed by atoms with Crippen LogP contribution in [0.2, 0.25) is 0 Å². The first-order valence-corrected chi connectivity index (χ1v) is 10.5. The van der Waals surface area contributed by atoms with Gasteiger partial charge in [0.25, 0.3) is 0 Å². The maximum Gasteiger partial charge on any atom is 0.0345 e. The predicted octanol–water partition coefficient (Wildman–Crippen LogP) is 7.37. The van der Waals surface area contributed by atoms with Gasteiger partial charge in [0.1, 0.15) is 0 Å². The van der Waals surface area contributed by atoms with Crippen LogP contribution >= 0.6 is 23.1 Å². The molecule has 3 aromatic rings. The zero-order valence-electron chi connectivity index (χ0n) is 15.2. The van der Waals surface area contributed by atoms with Gasteiger partial charge in [-0.05, 0) is 61.1 Å². The molecule has 126 valence electrons. The Morgan fingerprint density at radius 1 is 0.875 bits per heavy atom. The minimum atomic E-state index is 1.03. The molecule has 0 radical (unpaired) electrons. The number of hydrogen-bond acceptors (Lipinski definition) is 2. The zero-order valence-corrected chi connectivity index (χ0v) is 16.9. The van der Waals surface area contributed by atoms with Gasteiger partial charge >= 0.3 is 0 Å². The summed E-state index contributed by atoms with van der Waals surface area (Å²) in [5, 5.41) is 0. The maximum absolute atomic E-state index is 2.31. The van der Waals surface area contributed by atoms with Crippen LogP contribution in [-0.4, -0.2) is 6.26 Å². The van der Waals surface area contributed by atoms with Crippen LogP contribution in [0.4, 0.5) is 0 Å². The molecule has 1 heterocycles. The van der Waals surface area contributed by atoms with Crippen LogP contribution in [0.1, 0.15) is 35.4 Å². The summed E-state index contributed by atoms with van der Waals surface area (Å²) in [6.07, 6.45) is 3.14. The Balaban J connectivity index is 0.00000100. The molecule has 24 heavy (non-hydrogen) atoms. The fourth-order valence-electron chi connectivity index (χ4n) is 2.56. The van der Waals surface area contributed by atoms with Crippen molar-refractivity contribution in [3.8, 4) is 10.4 Å². The molecule has 0 bridgehead atoms. The molecule has 0 saturated carbocycles. The van der Waals surface area contributed by atoms with Crippen LogP contribution in [0.25, 0.3) is 10.4 Å². The van der Waals surface area contributed by atoms with Gasteiger partial charge < -0.3 is 0 Å². The Bertz CT molecular complexity index is 767. The lowest BCUT2D eigenvalue weighted by Gasteiger charge is -2.05. The van der Waals surface area contributed by atoms with Crippen molar-refractivity contribution in [1.29, 1.82) is 0 Å². The van der Waals surface area contributed by atoms with E-state index < -0.39 is 0 Å². The molecule has 0 aliphatic carbocycles. The van der Waals surface area contributed by atoms with Gasteiger partial charge in [-0.15, -0.1) is 23.1 Å². The minimum Gasteiger partial charge on any atom is -0.140 e. The summed E-state index contributed by atoms with van der Waals surface area (Å²) in [4.78, 5) is 4.10. The van der Waals surface area contributed by atoms with Gasteiger partial charge in [-0.1, -0.05) is 49.7 Å². The zero-order chi connectivity index (χ0) is 17.5. The lowest BCUT2D eigenvalue weighted by atomic mass is 10.0. The smallest absolute Gasteiger partial charge is 0.0345 e. The average molecular weight is 355 g/mol. The van der Waals surface area contributed by atoms with Crippen LogP contribution in [0, 0.1) is 13.8 Å². The van der Waals surface area contributed by atoms with Gasteiger partial charge in [0.05, 0.1) is 0 Å². The highest BCUT2D eigenvalue weighted by atomic mass is 32.2. The molecule has 0 N–H and O–H groups in total. The SMILES string of the molecule is CC.CSc1ccc(-c2ccc(Cc3cc(C)ccc3C)s2)cc1. The van der Waals surface area contributed by atoms with Crippen LogP contribution < -0.4 is 0 Å². The first-order valence-electron chi connectivity index (χ1n) is 8.45. The molecule has 0 unspecified atom stereocenters. The second-order valence-electron chi connectivity index (χ2n) is 5.60. The quantitative estimate of drug-likeness (QED) is 0.441. The fourth-order valence-corrected chi connectivity index (χ4v) is 4.01. The molecular formula is C22H26S2. The van der Waals surface area contributed by atoms with Gasteiger partial charge in [-0.25, -0.2) is 0 Å². The van der Waals surface area contributed by atoms with Gasteiger partial charge in [0.2, 0.25) is 0 Å². The van der Waals surface area contributed by atoms with Crippen molar-refractivity contribution in [2.24, 2.45) is 0 Å². The number of thioether (sulfide) groups is 1. The van der Waals surface area contributed by atoms with E-state index in [9.17, 15) is 0 Å². The number of hydrogen-bond donors (Lipinski definition) is 0. The molecule has 2 aromatic carbocycles. The van der Waals surface area contributed by atoms with Crippen molar-refractivity contribution in [2.45, 2.75) is 39.0 Å². The molecule has 1 aromatic heterocycles. The third-order valence-electron chi connectivity index (χ3n) is 3.91. The van der Waals surface area contributed by atoms with E-state index >= 15 is 0 Å². The summed E-state index contributed by atoms with van der Waals surface area (Å²) in [5.74, 6) is 0. The molecule has 0 amide bonds. The number of benzene rings is 2. The van der Waals surface area contributed by atoms with Crippen LogP contribution in [0.3, 0.4) is 0 Å². The van der Waals surface area contributed by atoms with Gasteiger partial charge in [0, 0.05) is 21.1 Å². The molecular weight excluding hydrogens is 328 g/mol. The summed E-state index contributed by atoms with van der Waals surface area (Å²) in [6.45, 7) is 8.36. The topological polar surface area (TPSA) is 0 Å². The van der Waals surface area contributed by atoms with Gasteiger partial charge in [0.15, 0.2) is 0 Å². The van der Waals surface area contributed by atoms with Crippen molar-refractivity contribution < 1.29 is 0 Å². The van der Waals surface area contributed by atoms with E-state index in [-0.39, 0.29) is 0 Å². The van der Waals surface area contributed by atoms with Crippen molar-refractivity contribution in [1.82, 2.24) is 0 Å². The van der Waals surface area contributed by atoms with E-state index in [0.717, 1.165) is 6.42 Å². The Morgan fingerprint density at radius 2 is 1.58 bits per heavy atom. The summed E-state index contributed by atoms with van der Waals surface area (Å²) in [7, 11) is 0. The van der Waals surface area contributed by atoms with E-state index in [2.05, 4.69) is 74.7 Å². The van der Waals surface area contributed by atoms with Gasteiger partial charge in [-0.2, -0.15) is 0 Å². The lowest BCUT2D eigenvalue weighted by molar-refractivity contribution is 1.18. The molecule has 0 atom stereocenters. The lowest BCUT2D eigenvalue weighted by Crippen LogP contribution is -1.90. The summed E-state index contributed by atoms with van der Waals surface area (Å²) < 4.78 is 0. The second kappa shape index (κ2) is 9.10. The number of aryl methyl sites for hydroxylation is 2. The van der Waals surface area contributed by atoms with Crippen LogP contribution in [-0.2, 0) is 6.42 Å². The van der Waals surface area contributed by atoms with Crippen molar-refractivity contribution in [2.75, 3.05) is 6.26 Å². The minimum absolute atomic E-state index is 1.03. The maximum atomic E-state index is 2.31. The molecule has 2 heteroatoms. The normalized spacial score (nSPS) is 10.2. The van der Waals surface area contributed by atoms with Crippen LogP contribution in [0.15, 0.2) is 59.5 Å². The monoisotopic (exact) mass is 354 g/mol. The van der Waals surface area contributed by atoms with E-state index in [1.807, 2.05) is 25.2 Å². The highest BCUT2D eigenvalue weighted by molar-refractivity contribution is 7.98. The van der Waals surface area contributed by atoms with E-state index in [1.165, 1.54) is 36.9 Å². The van der Waals surface area contributed by atoms with Crippen LogP contribution in [0.5, 0.6) is 0 Å². The molecule has 3 rings (SSSR count). The summed E-state index contributed by atoms with van der Waals surface area (Å²) in [5.41, 5.74) is 5.47. The van der Waals surface area contributed by atoms with E-state index in [4.69, 9.17) is 0 Å². The van der Waals surface area contributed by atoms with E-state index in [1.54, 1.807) is 11.8 Å². The molecule has 0 fully saturated rings. The van der Waals surface area contributed by atoms with Crippen molar-refractivity contribution in [3.05, 3.63) is 76.2 Å². The van der Waals surface area contributed by atoms with Crippen molar-refractivity contribution >= 4 is 23.1 Å². The Morgan fingerprint density at radius 3 is 2.25 bits per heavy atom. The fraction of sp³-hybridized carbons (Fsp3) is 0.273. The number of thiophene rings is 1. The predicted molar refractivity (Wildman–Crippen MR) is 112 cm³/mol. The standard InChI is InChI=1S/C20H20S2.C2H6/c1-14-4-5-15(2)17(12-14)13-19-10-11-20(22-19)16-6-8-18(21-3)9-7-16;1-2/h4-12H,13H2,1-3H3;1-2H3. The molecule has 0 saturated heterocycles. The second-order valence-corrected chi connectivity index (χ2v) is 7.65. The third-order valence-corrected chi connectivity index (χ3v) is 5.78.